The second kappa shape index (κ2) is 4.74. The van der Waals surface area contributed by atoms with Crippen LogP contribution in [0.1, 0.15) is 5.56 Å². The van der Waals surface area contributed by atoms with E-state index in [1.807, 2.05) is 0 Å². The molecule has 0 aromatic heterocycles. The molecular weight excluding hydrogens is 236 g/mol. The molecule has 0 spiro atoms. The highest BCUT2D eigenvalue weighted by atomic mass is 16.5. The molecule has 1 aromatic rings. The highest BCUT2D eigenvalue weighted by Gasteiger charge is 2.16. The van der Waals surface area contributed by atoms with Gasteiger partial charge >= 0.3 is 0 Å². The second-order valence-corrected chi connectivity index (χ2v) is 3.76. The van der Waals surface area contributed by atoms with Crippen molar-refractivity contribution in [3.63, 3.8) is 0 Å². The van der Waals surface area contributed by atoms with Crippen LogP contribution in [0.3, 0.4) is 0 Å². The molecule has 94 valence electrons. The van der Waals surface area contributed by atoms with Crippen molar-refractivity contribution < 1.29 is 14.3 Å². The third-order valence-corrected chi connectivity index (χ3v) is 2.37. The predicted octanol–water partition coefficient (Wildman–Crippen LogP) is -0.430. The van der Waals surface area contributed by atoms with Crippen LogP contribution in [0.4, 0.5) is 5.69 Å². The van der Waals surface area contributed by atoms with Crippen molar-refractivity contribution in [2.75, 3.05) is 11.9 Å². The fourth-order valence-electron chi connectivity index (χ4n) is 1.52. The maximum atomic E-state index is 11.1. The molecule has 1 aliphatic rings. The zero-order valence-electron chi connectivity index (χ0n) is 9.45. The average Bonchev–Trinajstić information content (AvgIpc) is 2.35. The summed E-state index contributed by atoms with van der Waals surface area (Å²) in [5.41, 5.74) is 6.37. The lowest BCUT2D eigenvalue weighted by Crippen LogP contribution is -2.35. The topological polar surface area (TPSA) is 117 Å². The van der Waals surface area contributed by atoms with Gasteiger partial charge in [0.05, 0.1) is 5.69 Å². The van der Waals surface area contributed by atoms with Crippen LogP contribution >= 0.6 is 0 Å². The van der Waals surface area contributed by atoms with E-state index in [2.05, 4.69) is 10.6 Å². The SMILES string of the molecule is N=C(N)C(=O)NCc1ccc2c(c1)NC(=O)CO2. The standard InChI is InChI=1S/C11H12N4O3/c12-10(13)11(17)14-4-6-1-2-8-7(3-6)15-9(16)5-18-8/h1-3H,4-5H2,(H3,12,13)(H,14,17)(H,15,16). The number of carbonyl (C=O) groups is 2. The Morgan fingerprint density at radius 2 is 2.33 bits per heavy atom. The Bertz CT molecular complexity index is 527. The molecule has 1 heterocycles. The fraction of sp³-hybridized carbons (Fsp3) is 0.182. The Hall–Kier alpha value is -2.57. The number of hydrogen-bond acceptors (Lipinski definition) is 4. The van der Waals surface area contributed by atoms with Gasteiger partial charge in [0.1, 0.15) is 5.75 Å². The van der Waals surface area contributed by atoms with Gasteiger partial charge in [-0.15, -0.1) is 0 Å². The fourth-order valence-corrected chi connectivity index (χ4v) is 1.52. The molecule has 0 fully saturated rings. The summed E-state index contributed by atoms with van der Waals surface area (Å²) in [6.07, 6.45) is 0. The largest absolute Gasteiger partial charge is 0.482 e. The number of nitrogens with one attached hydrogen (secondary N) is 3. The van der Waals surface area contributed by atoms with Crippen molar-refractivity contribution in [2.45, 2.75) is 6.54 Å². The predicted molar refractivity (Wildman–Crippen MR) is 64.3 cm³/mol. The number of anilines is 1. The van der Waals surface area contributed by atoms with E-state index < -0.39 is 11.7 Å². The van der Waals surface area contributed by atoms with Crippen LogP contribution in [0.15, 0.2) is 18.2 Å². The van der Waals surface area contributed by atoms with E-state index in [4.69, 9.17) is 15.9 Å². The zero-order chi connectivity index (χ0) is 13.1. The van der Waals surface area contributed by atoms with Gasteiger partial charge < -0.3 is 21.1 Å². The van der Waals surface area contributed by atoms with E-state index in [0.29, 0.717) is 11.4 Å². The molecule has 18 heavy (non-hydrogen) atoms. The molecule has 0 aliphatic carbocycles. The molecule has 2 rings (SSSR count). The molecule has 0 atom stereocenters. The number of hydrogen-bond donors (Lipinski definition) is 4. The summed E-state index contributed by atoms with van der Waals surface area (Å²) in [7, 11) is 0. The highest BCUT2D eigenvalue weighted by molar-refractivity contribution is 6.35. The van der Waals surface area contributed by atoms with E-state index in [0.717, 1.165) is 5.56 Å². The molecule has 0 saturated heterocycles. The van der Waals surface area contributed by atoms with Gasteiger partial charge in [0.25, 0.3) is 11.8 Å². The molecule has 5 N–H and O–H groups in total. The molecule has 7 nitrogen and oxygen atoms in total. The molecule has 0 radical (unpaired) electrons. The molecule has 0 bridgehead atoms. The van der Waals surface area contributed by atoms with Crippen LogP contribution in [0.5, 0.6) is 5.75 Å². The Morgan fingerprint density at radius 1 is 1.56 bits per heavy atom. The number of amides is 2. The first-order valence-corrected chi connectivity index (χ1v) is 5.24. The van der Waals surface area contributed by atoms with Crippen molar-refractivity contribution >= 4 is 23.3 Å². The molecule has 7 heteroatoms. The quantitative estimate of drug-likeness (QED) is 0.419. The third kappa shape index (κ3) is 2.57. The van der Waals surface area contributed by atoms with E-state index in [1.165, 1.54) is 0 Å². The van der Waals surface area contributed by atoms with Crippen LogP contribution in [0.2, 0.25) is 0 Å². The number of nitrogens with two attached hydrogens (primary N) is 1. The Morgan fingerprint density at radius 3 is 3.06 bits per heavy atom. The van der Waals surface area contributed by atoms with Gasteiger partial charge in [0, 0.05) is 6.54 Å². The highest BCUT2D eigenvalue weighted by Crippen LogP contribution is 2.28. The van der Waals surface area contributed by atoms with Crippen LogP contribution in [0, 0.1) is 5.41 Å². The summed E-state index contributed by atoms with van der Waals surface area (Å²) < 4.78 is 5.20. The van der Waals surface area contributed by atoms with Gasteiger partial charge in [-0.25, -0.2) is 0 Å². The maximum absolute atomic E-state index is 11.1. The summed E-state index contributed by atoms with van der Waals surface area (Å²) in [5, 5.41) is 12.1. The first-order valence-electron chi connectivity index (χ1n) is 5.24. The number of ether oxygens (including phenoxy) is 1. The minimum Gasteiger partial charge on any atom is -0.482 e. The summed E-state index contributed by atoms with van der Waals surface area (Å²) in [6.45, 7) is 0.231. The lowest BCUT2D eigenvalue weighted by Gasteiger charge is -2.18. The lowest BCUT2D eigenvalue weighted by atomic mass is 10.1. The van der Waals surface area contributed by atoms with E-state index >= 15 is 0 Å². The van der Waals surface area contributed by atoms with Crippen molar-refractivity contribution in [1.29, 1.82) is 5.41 Å². The molecule has 0 unspecified atom stereocenters. The lowest BCUT2D eigenvalue weighted by molar-refractivity contribution is -0.118. The summed E-state index contributed by atoms with van der Waals surface area (Å²) in [6, 6.07) is 5.17. The van der Waals surface area contributed by atoms with Gasteiger partial charge in [0.15, 0.2) is 12.4 Å². The summed E-state index contributed by atoms with van der Waals surface area (Å²) in [5.74, 6) is -0.790. The Kier molecular flexibility index (Phi) is 3.13. The van der Waals surface area contributed by atoms with Crippen LogP contribution in [-0.4, -0.2) is 24.3 Å². The van der Waals surface area contributed by atoms with Crippen molar-refractivity contribution in [2.24, 2.45) is 5.73 Å². The van der Waals surface area contributed by atoms with Gasteiger partial charge in [0.2, 0.25) is 0 Å². The van der Waals surface area contributed by atoms with Crippen molar-refractivity contribution in [3.8, 4) is 5.75 Å². The maximum Gasteiger partial charge on any atom is 0.286 e. The number of rotatable bonds is 2. The van der Waals surface area contributed by atoms with Crippen molar-refractivity contribution in [1.82, 2.24) is 5.32 Å². The van der Waals surface area contributed by atoms with Gasteiger partial charge in [-0.05, 0) is 17.7 Å². The number of benzene rings is 1. The van der Waals surface area contributed by atoms with E-state index in [-0.39, 0.29) is 19.1 Å². The minimum atomic E-state index is -0.631. The van der Waals surface area contributed by atoms with E-state index in [1.54, 1.807) is 18.2 Å². The molecule has 0 saturated carbocycles. The van der Waals surface area contributed by atoms with E-state index in [9.17, 15) is 9.59 Å². The number of carbonyl (C=O) groups excluding carboxylic acids is 2. The molecular formula is C11H12N4O3. The Labute approximate surface area is 103 Å². The van der Waals surface area contributed by atoms with Gasteiger partial charge in [-0.2, -0.15) is 0 Å². The monoisotopic (exact) mass is 248 g/mol. The zero-order valence-corrected chi connectivity index (χ0v) is 9.45. The number of fused-ring (bicyclic) bond motifs is 1. The van der Waals surface area contributed by atoms with Crippen LogP contribution in [0.25, 0.3) is 0 Å². The molecule has 1 aliphatic heterocycles. The molecule has 1 aromatic carbocycles. The Balaban J connectivity index is 2.07. The summed E-state index contributed by atoms with van der Waals surface area (Å²) >= 11 is 0. The smallest absolute Gasteiger partial charge is 0.286 e. The van der Waals surface area contributed by atoms with Crippen LogP contribution in [-0.2, 0) is 16.1 Å². The average molecular weight is 248 g/mol. The second-order valence-electron chi connectivity index (χ2n) is 3.76. The first kappa shape index (κ1) is 11.9. The van der Waals surface area contributed by atoms with Crippen LogP contribution < -0.4 is 21.1 Å². The normalized spacial score (nSPS) is 13.0. The minimum absolute atomic E-state index is 0.00736. The first-order chi connectivity index (χ1) is 8.56. The van der Waals surface area contributed by atoms with Gasteiger partial charge in [-0.3, -0.25) is 15.0 Å². The number of amidine groups is 1. The molecule has 2 amide bonds. The summed E-state index contributed by atoms with van der Waals surface area (Å²) in [4.78, 5) is 22.2. The van der Waals surface area contributed by atoms with Gasteiger partial charge in [-0.1, -0.05) is 6.07 Å². The van der Waals surface area contributed by atoms with Crippen molar-refractivity contribution in [3.05, 3.63) is 23.8 Å². The third-order valence-electron chi connectivity index (χ3n) is 2.37.